The fourth-order valence-electron chi connectivity index (χ4n) is 0.469. The Bertz CT molecular complexity index is 70.0. The van der Waals surface area contributed by atoms with Crippen molar-refractivity contribution >= 4 is 0 Å². The summed E-state index contributed by atoms with van der Waals surface area (Å²) in [4.78, 5) is 0. The third kappa shape index (κ3) is 5.94. The SMILES string of the molecule is CCOC(F)COCCO. The van der Waals surface area contributed by atoms with Crippen LogP contribution in [0.15, 0.2) is 0 Å². The predicted octanol–water partition coefficient (Wildman–Crippen LogP) is 0.327. The lowest BCUT2D eigenvalue weighted by molar-refractivity contribution is -0.0872. The van der Waals surface area contributed by atoms with E-state index in [4.69, 9.17) is 5.11 Å². The predicted molar refractivity (Wildman–Crippen MR) is 34.4 cm³/mol. The van der Waals surface area contributed by atoms with Gasteiger partial charge in [-0.1, -0.05) is 0 Å². The Morgan fingerprint density at radius 2 is 2.30 bits per heavy atom. The van der Waals surface area contributed by atoms with Gasteiger partial charge in [0.25, 0.3) is 0 Å². The fourth-order valence-corrected chi connectivity index (χ4v) is 0.469. The van der Waals surface area contributed by atoms with Crippen LogP contribution < -0.4 is 0 Å². The van der Waals surface area contributed by atoms with Gasteiger partial charge in [0.05, 0.1) is 13.2 Å². The number of aliphatic hydroxyl groups is 1. The number of ether oxygens (including phenoxy) is 2. The summed E-state index contributed by atoms with van der Waals surface area (Å²) in [6.07, 6.45) is -1.36. The van der Waals surface area contributed by atoms with Gasteiger partial charge in [0, 0.05) is 6.61 Å². The summed E-state index contributed by atoms with van der Waals surface area (Å²) in [5.41, 5.74) is 0. The number of hydrogen-bond donors (Lipinski definition) is 1. The molecule has 0 aliphatic heterocycles. The number of aliphatic hydroxyl groups excluding tert-OH is 1. The van der Waals surface area contributed by atoms with Crippen molar-refractivity contribution < 1.29 is 19.0 Å². The van der Waals surface area contributed by atoms with Crippen LogP contribution >= 0.6 is 0 Å². The minimum absolute atomic E-state index is 0.0845. The molecular weight excluding hydrogens is 139 g/mol. The van der Waals surface area contributed by atoms with Crippen LogP contribution in [0.5, 0.6) is 0 Å². The molecule has 62 valence electrons. The van der Waals surface area contributed by atoms with E-state index in [1.807, 2.05) is 0 Å². The first kappa shape index (κ1) is 9.81. The molecule has 0 saturated carbocycles. The summed E-state index contributed by atoms with van der Waals surface area (Å²) in [6.45, 7) is 2.02. The lowest BCUT2D eigenvalue weighted by Gasteiger charge is -2.07. The molecule has 0 aromatic heterocycles. The highest BCUT2D eigenvalue weighted by atomic mass is 19.1. The molecule has 3 nitrogen and oxygen atoms in total. The second-order valence-electron chi connectivity index (χ2n) is 1.66. The monoisotopic (exact) mass is 152 g/mol. The van der Waals surface area contributed by atoms with Crippen LogP contribution in [0.2, 0.25) is 0 Å². The van der Waals surface area contributed by atoms with Crippen molar-refractivity contribution in [2.75, 3.05) is 26.4 Å². The lowest BCUT2D eigenvalue weighted by Crippen LogP contribution is -2.15. The molecule has 0 amide bonds. The van der Waals surface area contributed by atoms with Crippen molar-refractivity contribution in [2.24, 2.45) is 0 Å². The minimum atomic E-state index is -1.36. The average molecular weight is 152 g/mol. The van der Waals surface area contributed by atoms with Crippen LogP contribution in [0.4, 0.5) is 4.39 Å². The highest BCUT2D eigenvalue weighted by molar-refractivity contribution is 4.36. The average Bonchev–Trinajstić information content (AvgIpc) is 1.89. The quantitative estimate of drug-likeness (QED) is 0.557. The second-order valence-corrected chi connectivity index (χ2v) is 1.66. The van der Waals surface area contributed by atoms with E-state index in [2.05, 4.69) is 9.47 Å². The molecule has 0 bridgehead atoms. The Labute approximate surface area is 59.8 Å². The molecule has 10 heavy (non-hydrogen) atoms. The van der Waals surface area contributed by atoms with E-state index in [-0.39, 0.29) is 19.8 Å². The maximum absolute atomic E-state index is 12.3. The van der Waals surface area contributed by atoms with Crippen molar-refractivity contribution in [3.05, 3.63) is 0 Å². The standard InChI is InChI=1S/C6H13FO3/c1-2-10-6(7)5-9-4-3-8/h6,8H,2-5H2,1H3. The number of hydrogen-bond acceptors (Lipinski definition) is 3. The van der Waals surface area contributed by atoms with Crippen LogP contribution in [0, 0.1) is 0 Å². The zero-order valence-corrected chi connectivity index (χ0v) is 6.05. The van der Waals surface area contributed by atoms with E-state index >= 15 is 0 Å². The summed E-state index contributed by atoms with van der Waals surface area (Å²) in [5, 5.41) is 8.22. The molecular formula is C6H13FO3. The molecule has 0 aliphatic rings. The largest absolute Gasteiger partial charge is 0.394 e. The van der Waals surface area contributed by atoms with Gasteiger partial charge in [-0.3, -0.25) is 0 Å². The topological polar surface area (TPSA) is 38.7 Å². The van der Waals surface area contributed by atoms with Crippen LogP contribution in [0.25, 0.3) is 0 Å². The first-order chi connectivity index (χ1) is 4.81. The Morgan fingerprint density at radius 3 is 2.80 bits per heavy atom. The van der Waals surface area contributed by atoms with Gasteiger partial charge < -0.3 is 14.6 Å². The fraction of sp³-hybridized carbons (Fsp3) is 1.00. The second kappa shape index (κ2) is 6.92. The van der Waals surface area contributed by atoms with Crippen molar-refractivity contribution in [3.8, 4) is 0 Å². The number of halogens is 1. The molecule has 0 radical (unpaired) electrons. The molecule has 0 spiro atoms. The smallest absolute Gasteiger partial charge is 0.222 e. The molecule has 1 unspecified atom stereocenters. The first-order valence-corrected chi connectivity index (χ1v) is 3.25. The normalized spacial score (nSPS) is 13.5. The van der Waals surface area contributed by atoms with Gasteiger partial charge >= 0.3 is 0 Å². The van der Waals surface area contributed by atoms with Crippen LogP contribution in [-0.4, -0.2) is 37.9 Å². The van der Waals surface area contributed by atoms with Crippen LogP contribution in [-0.2, 0) is 9.47 Å². The van der Waals surface area contributed by atoms with Crippen LogP contribution in [0.1, 0.15) is 6.92 Å². The lowest BCUT2D eigenvalue weighted by atomic mass is 10.7. The van der Waals surface area contributed by atoms with Crippen molar-refractivity contribution in [1.29, 1.82) is 0 Å². The van der Waals surface area contributed by atoms with E-state index in [0.29, 0.717) is 6.61 Å². The van der Waals surface area contributed by atoms with Gasteiger partial charge in [-0.15, -0.1) is 0 Å². The molecule has 0 rings (SSSR count). The van der Waals surface area contributed by atoms with Gasteiger partial charge in [0.15, 0.2) is 0 Å². The van der Waals surface area contributed by atoms with Gasteiger partial charge in [0.2, 0.25) is 6.36 Å². The number of rotatable bonds is 6. The molecule has 4 heteroatoms. The highest BCUT2D eigenvalue weighted by Gasteiger charge is 2.03. The molecule has 0 heterocycles. The summed E-state index contributed by atoms with van der Waals surface area (Å²) in [6, 6.07) is 0. The molecule has 0 saturated heterocycles. The minimum Gasteiger partial charge on any atom is -0.394 e. The van der Waals surface area contributed by atoms with Gasteiger partial charge in [-0.05, 0) is 6.92 Å². The molecule has 1 N–H and O–H groups in total. The summed E-state index contributed by atoms with van der Waals surface area (Å²) >= 11 is 0. The zero-order valence-electron chi connectivity index (χ0n) is 6.05. The molecule has 0 aliphatic carbocycles. The molecule has 0 aromatic rings. The van der Waals surface area contributed by atoms with E-state index in [9.17, 15) is 4.39 Å². The van der Waals surface area contributed by atoms with Crippen LogP contribution in [0.3, 0.4) is 0 Å². The summed E-state index contributed by atoms with van der Waals surface area (Å²) in [5.74, 6) is 0. The highest BCUT2D eigenvalue weighted by Crippen LogP contribution is 1.93. The van der Waals surface area contributed by atoms with E-state index in [1.54, 1.807) is 6.92 Å². The van der Waals surface area contributed by atoms with Crippen molar-refractivity contribution in [2.45, 2.75) is 13.3 Å². The molecule has 0 fully saturated rings. The van der Waals surface area contributed by atoms with Gasteiger partial charge in [0.1, 0.15) is 6.61 Å². The Balaban J connectivity index is 2.97. The van der Waals surface area contributed by atoms with Gasteiger partial charge in [-0.25, -0.2) is 4.39 Å². The van der Waals surface area contributed by atoms with E-state index < -0.39 is 6.36 Å². The first-order valence-electron chi connectivity index (χ1n) is 3.25. The van der Waals surface area contributed by atoms with Crippen molar-refractivity contribution in [3.63, 3.8) is 0 Å². The zero-order chi connectivity index (χ0) is 7.82. The Hall–Kier alpha value is -0.190. The van der Waals surface area contributed by atoms with E-state index in [1.165, 1.54) is 0 Å². The Kier molecular flexibility index (Phi) is 6.79. The van der Waals surface area contributed by atoms with Gasteiger partial charge in [-0.2, -0.15) is 0 Å². The maximum Gasteiger partial charge on any atom is 0.222 e. The number of alkyl halides is 1. The summed E-state index contributed by atoms with van der Waals surface area (Å²) < 4.78 is 21.5. The third-order valence-electron chi connectivity index (χ3n) is 0.832. The van der Waals surface area contributed by atoms with E-state index in [0.717, 1.165) is 0 Å². The van der Waals surface area contributed by atoms with Crippen molar-refractivity contribution in [1.82, 2.24) is 0 Å². The maximum atomic E-state index is 12.3. The molecule has 1 atom stereocenters. The molecule has 0 aromatic carbocycles. The third-order valence-corrected chi connectivity index (χ3v) is 0.832. The Morgan fingerprint density at radius 1 is 1.60 bits per heavy atom. The summed E-state index contributed by atoms with van der Waals surface area (Å²) in [7, 11) is 0.